The zero-order valence-corrected chi connectivity index (χ0v) is 18.7. The molecule has 1 saturated heterocycles. The van der Waals surface area contributed by atoms with Crippen LogP contribution in [0, 0.1) is 6.92 Å². The van der Waals surface area contributed by atoms with Crippen LogP contribution >= 0.6 is 11.6 Å². The number of methoxy groups -OCH3 is 1. The molecule has 0 aliphatic carbocycles. The van der Waals surface area contributed by atoms with Crippen LogP contribution < -0.4 is 15.4 Å². The lowest BCUT2D eigenvalue weighted by molar-refractivity contribution is -0.118. The number of alkyl carbamates (subject to hydrolysis) is 1. The van der Waals surface area contributed by atoms with Gasteiger partial charge in [0.2, 0.25) is 5.91 Å². The summed E-state index contributed by atoms with van der Waals surface area (Å²) in [7, 11) is 1.54. The molecule has 1 aromatic rings. The number of benzene rings is 1. The molecule has 1 atom stereocenters. The minimum Gasteiger partial charge on any atom is -0.495 e. The van der Waals surface area contributed by atoms with E-state index in [1.807, 2.05) is 27.7 Å². The van der Waals surface area contributed by atoms with E-state index >= 15 is 0 Å². The molecule has 1 aliphatic rings. The number of nitrogens with one attached hydrogen (secondary N) is 2. The van der Waals surface area contributed by atoms with E-state index in [-0.39, 0.29) is 18.5 Å². The number of carbonyl (C=O) groups excluding carboxylic acids is 2. The van der Waals surface area contributed by atoms with Crippen LogP contribution in [0.5, 0.6) is 5.75 Å². The normalized spacial score (nSPS) is 17.5. The summed E-state index contributed by atoms with van der Waals surface area (Å²) in [6.07, 6.45) is 2.59. The number of aryl methyl sites for hydroxylation is 1. The monoisotopic (exact) mass is 425 g/mol. The summed E-state index contributed by atoms with van der Waals surface area (Å²) >= 11 is 6.13. The predicted octanol–water partition coefficient (Wildman–Crippen LogP) is 3.97. The van der Waals surface area contributed by atoms with E-state index in [0.29, 0.717) is 23.0 Å². The lowest BCUT2D eigenvalue weighted by atomic mass is 10.0. The number of ether oxygens (including phenoxy) is 2. The number of likely N-dealkylation sites (tertiary alicyclic amines) is 1. The Hall–Kier alpha value is -1.99. The van der Waals surface area contributed by atoms with Gasteiger partial charge < -0.3 is 20.1 Å². The maximum atomic E-state index is 12.7. The Morgan fingerprint density at radius 1 is 1.28 bits per heavy atom. The first kappa shape index (κ1) is 23.3. The molecule has 1 heterocycles. The van der Waals surface area contributed by atoms with Crippen LogP contribution in [-0.4, -0.2) is 55.3 Å². The van der Waals surface area contributed by atoms with Crippen LogP contribution in [-0.2, 0) is 9.53 Å². The molecule has 7 nitrogen and oxygen atoms in total. The van der Waals surface area contributed by atoms with Crippen LogP contribution in [0.25, 0.3) is 0 Å². The van der Waals surface area contributed by atoms with Crippen molar-refractivity contribution >= 4 is 29.3 Å². The highest BCUT2D eigenvalue weighted by molar-refractivity contribution is 6.31. The fraction of sp³-hybridized carbons (Fsp3) is 0.619. The van der Waals surface area contributed by atoms with Gasteiger partial charge in [-0.15, -0.1) is 0 Å². The van der Waals surface area contributed by atoms with Gasteiger partial charge in [0.15, 0.2) is 0 Å². The van der Waals surface area contributed by atoms with Crippen molar-refractivity contribution in [3.05, 3.63) is 22.7 Å². The molecule has 1 aliphatic heterocycles. The molecule has 0 aromatic heterocycles. The number of amides is 2. The quantitative estimate of drug-likeness (QED) is 0.720. The SMILES string of the molecule is COc1cc(Cl)c(C)cc1NC(=O)CN1CCCCC1CNC(=O)OC(C)(C)C. The van der Waals surface area contributed by atoms with Crippen molar-refractivity contribution in [2.75, 3.05) is 32.1 Å². The van der Waals surface area contributed by atoms with Gasteiger partial charge in [-0.2, -0.15) is 0 Å². The number of anilines is 1. The Morgan fingerprint density at radius 2 is 2.00 bits per heavy atom. The molecule has 1 unspecified atom stereocenters. The molecule has 2 rings (SSSR count). The van der Waals surface area contributed by atoms with Crippen molar-refractivity contribution in [1.29, 1.82) is 0 Å². The standard InChI is InChI=1S/C21H32ClN3O4/c1-14-10-17(18(28-5)11-16(14)22)24-19(26)13-25-9-7-6-8-15(25)12-23-20(27)29-21(2,3)4/h10-11,15H,6-9,12-13H2,1-5H3,(H,23,27)(H,24,26). The van der Waals surface area contributed by atoms with Crippen LogP contribution in [0.3, 0.4) is 0 Å². The number of piperidine rings is 1. The molecule has 2 N–H and O–H groups in total. The van der Waals surface area contributed by atoms with Gasteiger partial charge in [0.1, 0.15) is 11.4 Å². The smallest absolute Gasteiger partial charge is 0.407 e. The summed E-state index contributed by atoms with van der Waals surface area (Å²) in [6, 6.07) is 3.59. The second kappa shape index (κ2) is 10.2. The largest absolute Gasteiger partial charge is 0.495 e. The summed E-state index contributed by atoms with van der Waals surface area (Å²) in [5.41, 5.74) is 0.923. The topological polar surface area (TPSA) is 79.9 Å². The van der Waals surface area contributed by atoms with E-state index in [1.54, 1.807) is 19.2 Å². The maximum absolute atomic E-state index is 12.7. The van der Waals surface area contributed by atoms with Crippen molar-refractivity contribution in [2.24, 2.45) is 0 Å². The van der Waals surface area contributed by atoms with Crippen molar-refractivity contribution in [3.63, 3.8) is 0 Å². The van der Waals surface area contributed by atoms with E-state index in [2.05, 4.69) is 15.5 Å². The first-order valence-electron chi connectivity index (χ1n) is 9.94. The van der Waals surface area contributed by atoms with E-state index in [9.17, 15) is 9.59 Å². The number of rotatable bonds is 6. The Morgan fingerprint density at radius 3 is 2.66 bits per heavy atom. The minimum absolute atomic E-state index is 0.0934. The molecule has 162 valence electrons. The fourth-order valence-electron chi connectivity index (χ4n) is 3.32. The fourth-order valence-corrected chi connectivity index (χ4v) is 3.47. The Kier molecular flexibility index (Phi) is 8.16. The highest BCUT2D eigenvalue weighted by Crippen LogP contribution is 2.31. The third-order valence-corrected chi connectivity index (χ3v) is 5.14. The summed E-state index contributed by atoms with van der Waals surface area (Å²) in [5.74, 6) is 0.393. The first-order valence-corrected chi connectivity index (χ1v) is 10.3. The Labute approximate surface area is 178 Å². The molecule has 1 fully saturated rings. The van der Waals surface area contributed by atoms with Gasteiger partial charge in [0, 0.05) is 23.7 Å². The predicted molar refractivity (Wildman–Crippen MR) is 115 cm³/mol. The molecular weight excluding hydrogens is 394 g/mol. The van der Waals surface area contributed by atoms with Crippen LogP contribution in [0.2, 0.25) is 5.02 Å². The highest BCUT2D eigenvalue weighted by Gasteiger charge is 2.26. The van der Waals surface area contributed by atoms with E-state index in [0.717, 1.165) is 31.4 Å². The van der Waals surface area contributed by atoms with E-state index in [1.165, 1.54) is 0 Å². The van der Waals surface area contributed by atoms with Crippen molar-refractivity contribution in [3.8, 4) is 5.75 Å². The summed E-state index contributed by atoms with van der Waals surface area (Å²) in [6.45, 7) is 8.87. The lowest BCUT2D eigenvalue weighted by Gasteiger charge is -2.35. The van der Waals surface area contributed by atoms with Gasteiger partial charge in [-0.25, -0.2) is 4.79 Å². The van der Waals surface area contributed by atoms with Crippen LogP contribution in [0.1, 0.15) is 45.6 Å². The van der Waals surface area contributed by atoms with Gasteiger partial charge in [-0.05, 0) is 58.7 Å². The minimum atomic E-state index is -0.536. The molecule has 0 radical (unpaired) electrons. The Bertz CT molecular complexity index is 733. The van der Waals surface area contributed by atoms with Gasteiger partial charge in [-0.1, -0.05) is 18.0 Å². The average molecular weight is 426 g/mol. The molecule has 0 saturated carbocycles. The molecule has 2 amide bonds. The van der Waals surface area contributed by atoms with Crippen molar-refractivity contribution < 1.29 is 19.1 Å². The van der Waals surface area contributed by atoms with Gasteiger partial charge in [-0.3, -0.25) is 9.69 Å². The summed E-state index contributed by atoms with van der Waals surface area (Å²) < 4.78 is 10.6. The van der Waals surface area contributed by atoms with Crippen molar-refractivity contribution in [2.45, 2.75) is 58.6 Å². The molecule has 29 heavy (non-hydrogen) atoms. The second-order valence-corrected chi connectivity index (χ2v) is 8.76. The highest BCUT2D eigenvalue weighted by atomic mass is 35.5. The maximum Gasteiger partial charge on any atom is 0.407 e. The zero-order valence-electron chi connectivity index (χ0n) is 17.9. The number of carbonyl (C=O) groups is 2. The third kappa shape index (κ3) is 7.40. The van der Waals surface area contributed by atoms with Crippen molar-refractivity contribution in [1.82, 2.24) is 10.2 Å². The zero-order chi connectivity index (χ0) is 21.6. The average Bonchev–Trinajstić information content (AvgIpc) is 2.62. The molecule has 0 spiro atoms. The van der Waals surface area contributed by atoms with Crippen LogP contribution in [0.15, 0.2) is 12.1 Å². The van der Waals surface area contributed by atoms with E-state index < -0.39 is 11.7 Å². The molecular formula is C21H32ClN3O4. The Balaban J connectivity index is 1.95. The second-order valence-electron chi connectivity index (χ2n) is 8.35. The number of halogens is 1. The summed E-state index contributed by atoms with van der Waals surface area (Å²) in [5, 5.41) is 6.33. The van der Waals surface area contributed by atoms with Gasteiger partial charge in [0.05, 0.1) is 19.3 Å². The van der Waals surface area contributed by atoms with E-state index in [4.69, 9.17) is 21.1 Å². The first-order chi connectivity index (χ1) is 13.6. The molecule has 8 heteroatoms. The number of hydrogen-bond acceptors (Lipinski definition) is 5. The number of nitrogens with zero attached hydrogens (tertiary/aromatic N) is 1. The lowest BCUT2D eigenvalue weighted by Crippen LogP contribution is -2.49. The van der Waals surface area contributed by atoms with Crippen LogP contribution in [0.4, 0.5) is 10.5 Å². The molecule has 1 aromatic carbocycles. The van der Waals surface area contributed by atoms with Gasteiger partial charge in [0.25, 0.3) is 0 Å². The van der Waals surface area contributed by atoms with Gasteiger partial charge >= 0.3 is 6.09 Å². The third-order valence-electron chi connectivity index (χ3n) is 4.73. The number of hydrogen-bond donors (Lipinski definition) is 2. The molecule has 0 bridgehead atoms. The summed E-state index contributed by atoms with van der Waals surface area (Å²) in [4.78, 5) is 26.7.